The average molecular weight is 511 g/mol. The summed E-state index contributed by atoms with van der Waals surface area (Å²) in [7, 11) is -5.08. The Balaban J connectivity index is 0.000000186. The van der Waals surface area contributed by atoms with Crippen LogP contribution in [0.15, 0.2) is 0 Å². The van der Waals surface area contributed by atoms with Crippen molar-refractivity contribution in [2.45, 2.75) is 57.4 Å². The van der Waals surface area contributed by atoms with Crippen molar-refractivity contribution in [2.75, 3.05) is 79.3 Å². The molecular weight excluding hydrogens is 468 g/mol. The van der Waals surface area contributed by atoms with Crippen molar-refractivity contribution >= 4 is 17.6 Å². The summed E-state index contributed by atoms with van der Waals surface area (Å²) in [6.07, 6.45) is 0.971. The first kappa shape index (κ1) is 27.6. The van der Waals surface area contributed by atoms with Gasteiger partial charge in [-0.15, -0.1) is 0 Å². The minimum absolute atomic E-state index is 0.0104. The number of fused-ring (bicyclic) bond motifs is 7. The highest BCUT2D eigenvalue weighted by atomic mass is 28.4. The van der Waals surface area contributed by atoms with Crippen molar-refractivity contribution in [1.29, 1.82) is 0 Å². The third-order valence-corrected chi connectivity index (χ3v) is 12.2. The van der Waals surface area contributed by atoms with Gasteiger partial charge in [0.05, 0.1) is 78.8 Å². The van der Waals surface area contributed by atoms with Gasteiger partial charge in [0, 0.05) is 17.7 Å². The van der Waals surface area contributed by atoms with E-state index in [1.54, 1.807) is 0 Å². The van der Waals surface area contributed by atoms with E-state index in [9.17, 15) is 0 Å². The molecule has 33 heavy (non-hydrogen) atoms. The summed E-state index contributed by atoms with van der Waals surface area (Å²) in [5.74, 6) is 0. The zero-order valence-corrected chi connectivity index (χ0v) is 22.6. The van der Waals surface area contributed by atoms with Crippen molar-refractivity contribution in [3.8, 4) is 0 Å². The van der Waals surface area contributed by atoms with E-state index in [1.807, 2.05) is 0 Å². The van der Waals surface area contributed by atoms with Gasteiger partial charge < -0.3 is 45.5 Å². The summed E-state index contributed by atoms with van der Waals surface area (Å²) in [6.45, 7) is 15.2. The first-order chi connectivity index (χ1) is 16.0. The van der Waals surface area contributed by atoms with E-state index in [4.69, 9.17) is 45.5 Å². The molecule has 4 heterocycles. The smallest absolute Gasteiger partial charge is 0.376 e. The van der Waals surface area contributed by atoms with Crippen molar-refractivity contribution in [3.05, 3.63) is 0 Å². The lowest BCUT2D eigenvalue weighted by Crippen LogP contribution is -2.52. The molecule has 10 nitrogen and oxygen atoms in total. The monoisotopic (exact) mass is 510 g/mol. The first-order valence-corrected chi connectivity index (χ1v) is 15.8. The number of hydrogen-bond acceptors (Lipinski definition) is 10. The maximum absolute atomic E-state index is 5.98. The van der Waals surface area contributed by atoms with E-state index in [-0.39, 0.29) is 23.3 Å². The minimum atomic E-state index is -2.55. The highest BCUT2D eigenvalue weighted by Gasteiger charge is 2.47. The van der Waals surface area contributed by atoms with Crippen LogP contribution in [0.2, 0.25) is 11.1 Å². The summed E-state index contributed by atoms with van der Waals surface area (Å²) in [6, 6.07) is 0. The molecule has 4 unspecified atom stereocenters. The molecule has 0 aliphatic carbocycles. The Morgan fingerprint density at radius 3 is 1.52 bits per heavy atom. The van der Waals surface area contributed by atoms with Crippen molar-refractivity contribution in [3.63, 3.8) is 0 Å². The third kappa shape index (κ3) is 8.29. The van der Waals surface area contributed by atoms with E-state index in [2.05, 4.69) is 27.7 Å². The van der Waals surface area contributed by atoms with Crippen LogP contribution in [0.3, 0.4) is 0 Å². The summed E-state index contributed by atoms with van der Waals surface area (Å²) in [5, 5.41) is 0. The SMILES string of the molecule is CC(C)[Si]12OCCOCC(CCO1)OCCO2.CC(C)[Si]12OCCOCC(CO1)OCCO2. The maximum atomic E-state index is 5.98. The highest BCUT2D eigenvalue weighted by molar-refractivity contribution is 6.62. The zero-order chi connectivity index (χ0) is 23.6. The predicted molar refractivity (Wildman–Crippen MR) is 123 cm³/mol. The van der Waals surface area contributed by atoms with Gasteiger partial charge in [-0.2, -0.15) is 0 Å². The van der Waals surface area contributed by atoms with Gasteiger partial charge in [-0.25, -0.2) is 0 Å². The first-order valence-electron chi connectivity index (χ1n) is 12.2. The largest absolute Gasteiger partial charge is 0.503 e. The van der Waals surface area contributed by atoms with Crippen LogP contribution < -0.4 is 0 Å². The molecule has 0 aromatic heterocycles. The lowest BCUT2D eigenvalue weighted by molar-refractivity contribution is -0.0700. The fourth-order valence-corrected chi connectivity index (χ4v) is 8.66. The summed E-state index contributed by atoms with van der Waals surface area (Å²) in [5.41, 5.74) is 0.530. The standard InChI is InChI=1S/C11H22O5Si.C10H20O5Si/c1-10(2)17-14-4-3-11(13-6-8-16-17)9-12-5-7-15-17;1-9(2)16-13-5-3-11-7-10(8-15-16)12-4-6-14-16/h10-11H,3-9H2,1-2H3;9-10H,3-8H2,1-2H3. The van der Waals surface area contributed by atoms with Crippen molar-refractivity contribution in [2.24, 2.45) is 0 Å². The van der Waals surface area contributed by atoms with Gasteiger partial charge in [0.1, 0.15) is 6.10 Å². The van der Waals surface area contributed by atoms with Crippen molar-refractivity contribution < 1.29 is 45.5 Å². The van der Waals surface area contributed by atoms with Crippen LogP contribution in [0.1, 0.15) is 34.1 Å². The molecule has 0 spiro atoms. The molecule has 0 aromatic carbocycles. The van der Waals surface area contributed by atoms with Crippen LogP contribution in [0.5, 0.6) is 0 Å². The topological polar surface area (TPSA) is 92.3 Å². The Kier molecular flexibility index (Phi) is 11.7. The van der Waals surface area contributed by atoms with Crippen molar-refractivity contribution in [1.82, 2.24) is 0 Å². The highest BCUT2D eigenvalue weighted by Crippen LogP contribution is 2.28. The molecule has 0 amide bonds. The van der Waals surface area contributed by atoms with Crippen LogP contribution in [-0.2, 0) is 45.5 Å². The molecule has 12 heteroatoms. The Morgan fingerprint density at radius 2 is 0.939 bits per heavy atom. The van der Waals surface area contributed by atoms with Gasteiger partial charge >= 0.3 is 17.6 Å². The second-order valence-electron chi connectivity index (χ2n) is 8.99. The molecule has 4 aliphatic rings. The summed E-state index contributed by atoms with van der Waals surface area (Å²) in [4.78, 5) is 0. The molecule has 4 fully saturated rings. The lowest BCUT2D eigenvalue weighted by Gasteiger charge is -2.34. The Morgan fingerprint density at radius 1 is 0.485 bits per heavy atom. The van der Waals surface area contributed by atoms with Crippen LogP contribution in [-0.4, -0.2) is 109 Å². The number of ether oxygens (including phenoxy) is 4. The second kappa shape index (κ2) is 13.9. The van der Waals surface area contributed by atoms with Crippen LogP contribution in [0, 0.1) is 0 Å². The molecule has 4 atom stereocenters. The normalized spacial score (nSPS) is 36.9. The fraction of sp³-hybridized carbons (Fsp3) is 1.00. The molecule has 4 bridgehead atoms. The van der Waals surface area contributed by atoms with Crippen LogP contribution in [0.25, 0.3) is 0 Å². The minimum Gasteiger partial charge on any atom is -0.376 e. The Labute approximate surface area is 200 Å². The molecule has 0 saturated carbocycles. The molecular formula is C21H42O10Si2. The number of hydrogen-bond donors (Lipinski definition) is 0. The van der Waals surface area contributed by atoms with Crippen LogP contribution in [0.4, 0.5) is 0 Å². The predicted octanol–water partition coefficient (Wildman–Crippen LogP) is 2.02. The molecule has 4 saturated heterocycles. The lowest BCUT2D eigenvalue weighted by atomic mass is 10.3. The van der Waals surface area contributed by atoms with E-state index < -0.39 is 17.6 Å². The molecule has 0 radical (unpaired) electrons. The second-order valence-corrected chi connectivity index (χ2v) is 15.4. The summed E-state index contributed by atoms with van der Waals surface area (Å²) < 4.78 is 57.6. The molecule has 4 aliphatic heterocycles. The summed E-state index contributed by atoms with van der Waals surface area (Å²) >= 11 is 0. The van der Waals surface area contributed by atoms with Gasteiger partial charge in [-0.3, -0.25) is 0 Å². The van der Waals surface area contributed by atoms with E-state index in [0.717, 1.165) is 6.42 Å². The number of rotatable bonds is 2. The molecule has 0 N–H and O–H groups in total. The maximum Gasteiger partial charge on any atom is 0.503 e. The Bertz CT molecular complexity index is 553. The van der Waals surface area contributed by atoms with Gasteiger partial charge in [-0.05, 0) is 6.42 Å². The average Bonchev–Trinajstić information content (AvgIpc) is 2.89. The fourth-order valence-electron chi connectivity index (χ4n) is 3.86. The van der Waals surface area contributed by atoms with Gasteiger partial charge in [0.15, 0.2) is 0 Å². The van der Waals surface area contributed by atoms with E-state index in [0.29, 0.717) is 79.3 Å². The Hall–Kier alpha value is 0.0338. The molecule has 194 valence electrons. The quantitative estimate of drug-likeness (QED) is 0.514. The van der Waals surface area contributed by atoms with E-state index in [1.165, 1.54) is 0 Å². The molecule has 4 rings (SSSR count). The third-order valence-electron chi connectivity index (χ3n) is 5.78. The van der Waals surface area contributed by atoms with Gasteiger partial charge in [0.25, 0.3) is 0 Å². The van der Waals surface area contributed by atoms with Crippen LogP contribution >= 0.6 is 0 Å². The van der Waals surface area contributed by atoms with Gasteiger partial charge in [0.2, 0.25) is 0 Å². The van der Waals surface area contributed by atoms with E-state index >= 15 is 0 Å². The van der Waals surface area contributed by atoms with Gasteiger partial charge in [-0.1, -0.05) is 27.7 Å². The molecule has 0 aromatic rings. The zero-order valence-electron chi connectivity index (χ0n) is 20.6.